The highest BCUT2D eigenvalue weighted by molar-refractivity contribution is 7.07. The van der Waals surface area contributed by atoms with E-state index < -0.39 is 16.2 Å². The number of hydrogen-bond donors (Lipinski definition) is 0. The zero-order valence-electron chi connectivity index (χ0n) is 20.2. The van der Waals surface area contributed by atoms with Crippen LogP contribution in [0.15, 0.2) is 63.8 Å². The molecule has 0 spiro atoms. The second kappa shape index (κ2) is 10.3. The Morgan fingerprint density at radius 1 is 1.19 bits per heavy atom. The van der Waals surface area contributed by atoms with Gasteiger partial charge in [0.25, 0.3) is 11.2 Å². The molecule has 0 amide bonds. The van der Waals surface area contributed by atoms with Crippen LogP contribution in [-0.2, 0) is 11.3 Å². The molecule has 2 aromatic carbocycles. The summed E-state index contributed by atoms with van der Waals surface area (Å²) in [5.74, 6) is 0.109. The third kappa shape index (κ3) is 5.95. The Hall–Kier alpha value is -3.82. The number of carbonyl (C=O) groups is 1. The standard InChI is InChI=1S/C27H22ClFN2O5S/c1-27(2,3)24(32)14-25-30(15-17-7-8-18(29)12-21(17)28)26(33)23(37-25)13-20-9-10-22(36-20)16-5-4-6-19(11-16)31(34)35/h4-14H,15H2,1-3H3/b23-13-,25-14+. The summed E-state index contributed by atoms with van der Waals surface area (Å²) in [5.41, 5.74) is -0.0434. The molecule has 0 aliphatic carbocycles. The largest absolute Gasteiger partial charge is 0.457 e. The molecule has 0 saturated heterocycles. The Bertz CT molecular complexity index is 1690. The Balaban J connectivity index is 1.81. The molecular weight excluding hydrogens is 519 g/mol. The first-order valence-corrected chi connectivity index (χ1v) is 12.4. The molecule has 0 fully saturated rings. The molecule has 10 heteroatoms. The van der Waals surface area contributed by atoms with E-state index in [1.54, 1.807) is 51.1 Å². The van der Waals surface area contributed by atoms with E-state index in [0.29, 0.717) is 31.8 Å². The van der Waals surface area contributed by atoms with E-state index in [4.69, 9.17) is 16.0 Å². The third-order valence-corrected chi connectivity index (χ3v) is 6.93. The van der Waals surface area contributed by atoms with Gasteiger partial charge in [0.2, 0.25) is 0 Å². The van der Waals surface area contributed by atoms with Gasteiger partial charge in [-0.2, -0.15) is 0 Å². The molecule has 4 aromatic rings. The van der Waals surface area contributed by atoms with Gasteiger partial charge >= 0.3 is 0 Å². The average molecular weight is 541 g/mol. The van der Waals surface area contributed by atoms with Crippen LogP contribution < -0.4 is 14.8 Å². The van der Waals surface area contributed by atoms with E-state index >= 15 is 0 Å². The number of furan rings is 1. The number of nitro groups is 1. The molecule has 0 aliphatic rings. The van der Waals surface area contributed by atoms with Crippen molar-refractivity contribution in [3.8, 4) is 11.3 Å². The number of hydrogen-bond acceptors (Lipinski definition) is 6. The molecule has 2 aromatic heterocycles. The lowest BCUT2D eigenvalue weighted by atomic mass is 9.91. The Labute approximate surface area is 219 Å². The van der Waals surface area contributed by atoms with E-state index in [0.717, 1.165) is 11.3 Å². The number of non-ortho nitro benzene ring substituents is 1. The molecule has 0 bridgehead atoms. The highest BCUT2D eigenvalue weighted by Crippen LogP contribution is 2.26. The van der Waals surface area contributed by atoms with Crippen molar-refractivity contribution in [2.75, 3.05) is 0 Å². The average Bonchev–Trinajstić information content (AvgIpc) is 3.40. The monoisotopic (exact) mass is 540 g/mol. The predicted molar refractivity (Wildman–Crippen MR) is 142 cm³/mol. The van der Waals surface area contributed by atoms with E-state index in [-0.39, 0.29) is 28.6 Å². The molecule has 2 heterocycles. The van der Waals surface area contributed by atoms with Crippen LogP contribution in [0.3, 0.4) is 0 Å². The van der Waals surface area contributed by atoms with Crippen molar-refractivity contribution in [2.24, 2.45) is 5.41 Å². The van der Waals surface area contributed by atoms with Gasteiger partial charge in [-0.05, 0) is 29.8 Å². The van der Waals surface area contributed by atoms with Gasteiger partial charge < -0.3 is 4.42 Å². The number of halogens is 2. The summed E-state index contributed by atoms with van der Waals surface area (Å²) in [6.07, 6.45) is 2.98. The molecular formula is C27H22ClFN2O5S. The minimum Gasteiger partial charge on any atom is -0.457 e. The number of rotatable bonds is 6. The van der Waals surface area contributed by atoms with Crippen molar-refractivity contribution in [2.45, 2.75) is 27.3 Å². The smallest absolute Gasteiger partial charge is 0.270 e. The quantitative estimate of drug-likeness (QED) is 0.249. The number of benzene rings is 2. The lowest BCUT2D eigenvalue weighted by Crippen LogP contribution is -2.33. The molecule has 37 heavy (non-hydrogen) atoms. The molecule has 0 unspecified atom stereocenters. The first-order valence-electron chi connectivity index (χ1n) is 11.2. The van der Waals surface area contributed by atoms with Crippen LogP contribution in [0.25, 0.3) is 23.5 Å². The van der Waals surface area contributed by atoms with Gasteiger partial charge in [-0.1, -0.05) is 50.6 Å². The summed E-state index contributed by atoms with van der Waals surface area (Å²) in [4.78, 5) is 36.7. The number of ketones is 1. The van der Waals surface area contributed by atoms with Crippen molar-refractivity contribution in [3.05, 3.63) is 106 Å². The van der Waals surface area contributed by atoms with Crippen LogP contribution in [0.2, 0.25) is 5.02 Å². The maximum Gasteiger partial charge on any atom is 0.270 e. The van der Waals surface area contributed by atoms with Gasteiger partial charge in [0.05, 0.1) is 16.0 Å². The van der Waals surface area contributed by atoms with Crippen molar-refractivity contribution in [1.29, 1.82) is 0 Å². The van der Waals surface area contributed by atoms with E-state index in [1.165, 1.54) is 41.0 Å². The number of carbonyl (C=O) groups excluding carboxylic acids is 1. The highest BCUT2D eigenvalue weighted by Gasteiger charge is 2.20. The molecule has 4 rings (SSSR count). The number of nitrogens with zero attached hydrogens (tertiary/aromatic N) is 2. The first kappa shape index (κ1) is 26.2. The van der Waals surface area contributed by atoms with E-state index in [2.05, 4.69) is 0 Å². The summed E-state index contributed by atoms with van der Waals surface area (Å²) >= 11 is 7.31. The summed E-state index contributed by atoms with van der Waals surface area (Å²) < 4.78 is 21.5. The van der Waals surface area contributed by atoms with Crippen LogP contribution >= 0.6 is 22.9 Å². The predicted octanol–water partition coefficient (Wildman–Crippen LogP) is 5.14. The molecule has 190 valence electrons. The van der Waals surface area contributed by atoms with Gasteiger partial charge in [-0.3, -0.25) is 24.3 Å². The second-order valence-corrected chi connectivity index (χ2v) is 10.8. The van der Waals surface area contributed by atoms with Crippen LogP contribution in [0.5, 0.6) is 0 Å². The number of Topliss-reactive ketones (excluding diaryl/α,β-unsaturated/α-hetero) is 1. The second-order valence-electron chi connectivity index (χ2n) is 9.34. The number of thiazole rings is 1. The zero-order chi connectivity index (χ0) is 26.9. The summed E-state index contributed by atoms with van der Waals surface area (Å²) in [7, 11) is 0. The number of aromatic nitrogens is 1. The topological polar surface area (TPSA) is 95.3 Å². The van der Waals surface area contributed by atoms with Crippen LogP contribution in [-0.4, -0.2) is 15.3 Å². The molecule has 0 N–H and O–H groups in total. The summed E-state index contributed by atoms with van der Waals surface area (Å²) in [6.45, 7) is 5.39. The van der Waals surface area contributed by atoms with Gasteiger partial charge in [-0.15, -0.1) is 11.3 Å². The fourth-order valence-electron chi connectivity index (χ4n) is 3.43. The van der Waals surface area contributed by atoms with Gasteiger partial charge in [0.15, 0.2) is 5.78 Å². The highest BCUT2D eigenvalue weighted by atomic mass is 35.5. The van der Waals surface area contributed by atoms with Crippen LogP contribution in [0, 0.1) is 21.3 Å². The molecule has 7 nitrogen and oxygen atoms in total. The molecule has 0 radical (unpaired) electrons. The number of nitro benzene ring substituents is 1. The van der Waals surface area contributed by atoms with Crippen molar-refractivity contribution in [1.82, 2.24) is 4.57 Å². The minimum atomic E-state index is -0.656. The van der Waals surface area contributed by atoms with E-state index in [9.17, 15) is 24.1 Å². The maximum absolute atomic E-state index is 13.5. The molecule has 0 atom stereocenters. The first-order chi connectivity index (χ1) is 17.4. The summed E-state index contributed by atoms with van der Waals surface area (Å²) in [6, 6.07) is 13.3. The lowest BCUT2D eigenvalue weighted by molar-refractivity contribution is -0.384. The fourth-order valence-corrected chi connectivity index (χ4v) is 4.68. The van der Waals surface area contributed by atoms with Gasteiger partial charge in [0, 0.05) is 40.3 Å². The van der Waals surface area contributed by atoms with Crippen LogP contribution in [0.4, 0.5) is 10.1 Å². The van der Waals surface area contributed by atoms with Gasteiger partial charge in [-0.25, -0.2) is 4.39 Å². The summed E-state index contributed by atoms with van der Waals surface area (Å²) in [5, 5.41) is 11.3. The lowest BCUT2D eigenvalue weighted by Gasteiger charge is -2.13. The normalized spacial score (nSPS) is 12.8. The molecule has 0 saturated carbocycles. The SMILES string of the molecule is CC(C)(C)C(=O)/C=c1/s/c(=C\c2ccc(-c3cccc([N+](=O)[O-])c3)o2)c(=O)n1Cc1ccc(F)cc1Cl. The van der Waals surface area contributed by atoms with E-state index in [1.807, 2.05) is 0 Å². The van der Waals surface area contributed by atoms with Crippen molar-refractivity contribution < 1.29 is 18.5 Å². The maximum atomic E-state index is 13.5. The van der Waals surface area contributed by atoms with Crippen molar-refractivity contribution in [3.63, 3.8) is 0 Å². The Morgan fingerprint density at radius 2 is 1.95 bits per heavy atom. The zero-order valence-corrected chi connectivity index (χ0v) is 21.7. The van der Waals surface area contributed by atoms with Crippen molar-refractivity contribution >= 4 is 46.6 Å². The minimum absolute atomic E-state index is 0.0443. The van der Waals surface area contributed by atoms with Gasteiger partial charge in [0.1, 0.15) is 22.0 Å². The third-order valence-electron chi connectivity index (χ3n) is 5.52. The fraction of sp³-hybridized carbons (Fsp3) is 0.185. The Kier molecular flexibility index (Phi) is 7.29. The van der Waals surface area contributed by atoms with Crippen LogP contribution in [0.1, 0.15) is 32.1 Å². The molecule has 0 aliphatic heterocycles. The Morgan fingerprint density at radius 3 is 2.62 bits per heavy atom.